The molecule has 84 valence electrons. The maximum atomic E-state index is 4.62. The molecule has 3 rings (SSSR count). The van der Waals surface area contributed by atoms with E-state index in [1.807, 2.05) is 28.5 Å². The first-order chi connectivity index (χ1) is 7.83. The predicted molar refractivity (Wildman–Crippen MR) is 67.0 cm³/mol. The van der Waals surface area contributed by atoms with E-state index in [0.29, 0.717) is 5.92 Å². The Kier molecular flexibility index (Phi) is 2.59. The van der Waals surface area contributed by atoms with E-state index in [9.17, 15) is 0 Å². The van der Waals surface area contributed by atoms with Crippen molar-refractivity contribution < 1.29 is 0 Å². The number of fused-ring (bicyclic) bond motifs is 1. The van der Waals surface area contributed by atoms with Crippen LogP contribution in [0.15, 0.2) is 18.3 Å². The van der Waals surface area contributed by atoms with Crippen LogP contribution >= 0.6 is 11.8 Å². The van der Waals surface area contributed by atoms with Crippen molar-refractivity contribution in [1.29, 1.82) is 0 Å². The van der Waals surface area contributed by atoms with Gasteiger partial charge in [0.15, 0.2) is 11.5 Å². The average molecular weight is 233 g/mol. The Balaban J connectivity index is 1.97. The molecule has 1 fully saturated rings. The smallest absolute Gasteiger partial charge is 0.155 e. The van der Waals surface area contributed by atoms with E-state index in [-0.39, 0.29) is 0 Å². The number of nitrogens with zero attached hydrogens (tertiary/aromatic N) is 3. The molecule has 1 aliphatic heterocycles. The minimum Gasteiger partial charge on any atom is -0.221 e. The molecule has 4 heteroatoms. The van der Waals surface area contributed by atoms with E-state index in [0.717, 1.165) is 11.5 Å². The summed E-state index contributed by atoms with van der Waals surface area (Å²) in [4.78, 5) is 4.62. The largest absolute Gasteiger partial charge is 0.221 e. The summed E-state index contributed by atoms with van der Waals surface area (Å²) in [5.74, 6) is 4.05. The quantitative estimate of drug-likeness (QED) is 0.758. The molecule has 2 aromatic heterocycles. The van der Waals surface area contributed by atoms with Gasteiger partial charge in [0.05, 0.1) is 0 Å². The number of aromatic nitrogens is 3. The van der Waals surface area contributed by atoms with Gasteiger partial charge in [-0.15, -0.1) is 0 Å². The second-order valence-electron chi connectivity index (χ2n) is 4.39. The summed E-state index contributed by atoms with van der Waals surface area (Å²) in [6.45, 7) is 2.08. The van der Waals surface area contributed by atoms with Gasteiger partial charge in [0.25, 0.3) is 0 Å². The lowest BCUT2D eigenvalue weighted by atomic mass is 10.1. The molecule has 0 amide bonds. The Hall–Kier alpha value is -1.03. The van der Waals surface area contributed by atoms with Gasteiger partial charge in [0, 0.05) is 17.9 Å². The van der Waals surface area contributed by atoms with Crippen molar-refractivity contribution in [2.24, 2.45) is 0 Å². The standard InChI is InChI=1S/C12H15N3S/c1-9-4-5-11-13-12(14-15(11)7-9)10-3-2-6-16-8-10/h4-5,7,10H,2-3,6,8H2,1H3. The highest BCUT2D eigenvalue weighted by Crippen LogP contribution is 2.29. The lowest BCUT2D eigenvalue weighted by molar-refractivity contribution is 0.622. The number of hydrogen-bond donors (Lipinski definition) is 0. The Morgan fingerprint density at radius 2 is 2.38 bits per heavy atom. The van der Waals surface area contributed by atoms with Crippen LogP contribution in [0.4, 0.5) is 0 Å². The molecular weight excluding hydrogens is 218 g/mol. The van der Waals surface area contributed by atoms with Crippen molar-refractivity contribution in [3.05, 3.63) is 29.7 Å². The fourth-order valence-corrected chi connectivity index (χ4v) is 3.26. The summed E-state index contributed by atoms with van der Waals surface area (Å²) in [6, 6.07) is 4.13. The normalized spacial score (nSPS) is 21.4. The monoisotopic (exact) mass is 233 g/mol. The fourth-order valence-electron chi connectivity index (χ4n) is 2.12. The fraction of sp³-hybridized carbons (Fsp3) is 0.500. The first-order valence-electron chi connectivity index (χ1n) is 5.73. The second-order valence-corrected chi connectivity index (χ2v) is 5.54. The van der Waals surface area contributed by atoms with Gasteiger partial charge in [-0.2, -0.15) is 16.9 Å². The van der Waals surface area contributed by atoms with Crippen LogP contribution in [-0.4, -0.2) is 26.1 Å². The van der Waals surface area contributed by atoms with Crippen molar-refractivity contribution in [3.8, 4) is 0 Å². The number of rotatable bonds is 1. The highest BCUT2D eigenvalue weighted by Gasteiger charge is 2.20. The Labute approximate surface area is 99.3 Å². The lowest BCUT2D eigenvalue weighted by Gasteiger charge is -2.17. The van der Waals surface area contributed by atoms with Crippen molar-refractivity contribution in [3.63, 3.8) is 0 Å². The summed E-state index contributed by atoms with van der Waals surface area (Å²) in [7, 11) is 0. The zero-order valence-corrected chi connectivity index (χ0v) is 10.2. The molecule has 0 aromatic carbocycles. The molecule has 1 unspecified atom stereocenters. The van der Waals surface area contributed by atoms with Gasteiger partial charge in [0.1, 0.15) is 0 Å². The Morgan fingerprint density at radius 3 is 3.19 bits per heavy atom. The summed E-state index contributed by atoms with van der Waals surface area (Å²) >= 11 is 2.02. The first kappa shape index (κ1) is 10.1. The number of thioether (sulfide) groups is 1. The van der Waals surface area contributed by atoms with E-state index in [4.69, 9.17) is 0 Å². The topological polar surface area (TPSA) is 30.2 Å². The predicted octanol–water partition coefficient (Wildman–Crippen LogP) is 2.65. The number of aryl methyl sites for hydroxylation is 1. The Bertz CT molecular complexity index is 500. The van der Waals surface area contributed by atoms with Crippen LogP contribution in [-0.2, 0) is 0 Å². The van der Waals surface area contributed by atoms with Crippen molar-refractivity contribution in [2.75, 3.05) is 11.5 Å². The summed E-state index contributed by atoms with van der Waals surface area (Å²) < 4.78 is 1.91. The molecule has 0 saturated carbocycles. The Morgan fingerprint density at radius 1 is 1.44 bits per heavy atom. The van der Waals surface area contributed by atoms with Gasteiger partial charge in [-0.1, -0.05) is 6.07 Å². The molecule has 0 spiro atoms. The van der Waals surface area contributed by atoms with E-state index in [1.165, 1.54) is 29.9 Å². The molecule has 2 aromatic rings. The molecule has 1 atom stereocenters. The van der Waals surface area contributed by atoms with E-state index >= 15 is 0 Å². The summed E-state index contributed by atoms with van der Waals surface area (Å²) in [5.41, 5.74) is 2.19. The van der Waals surface area contributed by atoms with Gasteiger partial charge in [0.2, 0.25) is 0 Å². The van der Waals surface area contributed by atoms with Crippen LogP contribution < -0.4 is 0 Å². The van der Waals surface area contributed by atoms with Crippen LogP contribution in [0.25, 0.3) is 5.65 Å². The van der Waals surface area contributed by atoms with Crippen LogP contribution in [0.3, 0.4) is 0 Å². The molecular formula is C12H15N3S. The zero-order chi connectivity index (χ0) is 11.0. The van der Waals surface area contributed by atoms with Crippen molar-refractivity contribution in [1.82, 2.24) is 14.6 Å². The van der Waals surface area contributed by atoms with Gasteiger partial charge in [-0.05, 0) is 37.1 Å². The maximum Gasteiger partial charge on any atom is 0.155 e. The molecule has 0 aliphatic carbocycles. The molecule has 16 heavy (non-hydrogen) atoms. The number of hydrogen-bond acceptors (Lipinski definition) is 3. The summed E-state index contributed by atoms with van der Waals surface area (Å²) in [5, 5.41) is 4.59. The van der Waals surface area contributed by atoms with Gasteiger partial charge in [-0.25, -0.2) is 9.50 Å². The van der Waals surface area contributed by atoms with Gasteiger partial charge in [-0.3, -0.25) is 0 Å². The molecule has 3 heterocycles. The third-order valence-electron chi connectivity index (χ3n) is 3.02. The minimum absolute atomic E-state index is 0.555. The van der Waals surface area contributed by atoms with Gasteiger partial charge >= 0.3 is 0 Å². The summed E-state index contributed by atoms with van der Waals surface area (Å²) in [6.07, 6.45) is 4.58. The van der Waals surface area contributed by atoms with E-state index in [2.05, 4.69) is 23.1 Å². The third-order valence-corrected chi connectivity index (χ3v) is 4.24. The molecule has 1 aliphatic rings. The van der Waals surface area contributed by atoms with E-state index < -0.39 is 0 Å². The second kappa shape index (κ2) is 4.09. The van der Waals surface area contributed by atoms with Crippen LogP contribution in [0, 0.1) is 6.92 Å². The minimum atomic E-state index is 0.555. The number of pyridine rings is 1. The SMILES string of the molecule is Cc1ccc2nc(C3CCCSC3)nn2c1. The van der Waals surface area contributed by atoms with Gasteiger partial charge < -0.3 is 0 Å². The zero-order valence-electron chi connectivity index (χ0n) is 9.39. The van der Waals surface area contributed by atoms with E-state index in [1.54, 1.807) is 0 Å². The highest BCUT2D eigenvalue weighted by atomic mass is 32.2. The molecule has 0 N–H and O–H groups in total. The average Bonchev–Trinajstić information content (AvgIpc) is 2.73. The van der Waals surface area contributed by atoms with Crippen LogP contribution in [0.5, 0.6) is 0 Å². The lowest BCUT2D eigenvalue weighted by Crippen LogP contribution is -2.10. The molecule has 3 nitrogen and oxygen atoms in total. The van der Waals surface area contributed by atoms with Crippen LogP contribution in [0.1, 0.15) is 30.1 Å². The molecule has 0 bridgehead atoms. The molecule has 0 radical (unpaired) electrons. The third kappa shape index (κ3) is 1.82. The molecule has 1 saturated heterocycles. The maximum absolute atomic E-state index is 4.62. The highest BCUT2D eigenvalue weighted by molar-refractivity contribution is 7.99. The van der Waals surface area contributed by atoms with Crippen molar-refractivity contribution in [2.45, 2.75) is 25.7 Å². The van der Waals surface area contributed by atoms with Crippen LogP contribution in [0.2, 0.25) is 0 Å². The van der Waals surface area contributed by atoms with Crippen molar-refractivity contribution >= 4 is 17.4 Å². The first-order valence-corrected chi connectivity index (χ1v) is 6.89.